The van der Waals surface area contributed by atoms with Crippen LogP contribution in [0.5, 0.6) is 11.5 Å². The SMILES string of the molecule is COc1ccc(S(=O)(=O)N(CC(=O)N2CCCN(c3ccc(-c4cccc(OC)c4)nn3)CC2)C[C@H]2CCCO2)cc1. The van der Waals surface area contributed by atoms with Crippen molar-refractivity contribution in [2.45, 2.75) is 30.3 Å². The van der Waals surface area contributed by atoms with E-state index in [4.69, 9.17) is 14.2 Å². The summed E-state index contributed by atoms with van der Waals surface area (Å²) < 4.78 is 44.8. The molecule has 2 fully saturated rings. The zero-order chi connectivity index (χ0) is 29.5. The largest absolute Gasteiger partial charge is 0.497 e. The van der Waals surface area contributed by atoms with Crippen molar-refractivity contribution in [3.05, 3.63) is 60.7 Å². The average molecular weight is 596 g/mol. The van der Waals surface area contributed by atoms with Crippen LogP contribution in [0, 0.1) is 0 Å². The molecule has 3 aromatic rings. The van der Waals surface area contributed by atoms with Gasteiger partial charge < -0.3 is 24.0 Å². The van der Waals surface area contributed by atoms with Crippen molar-refractivity contribution in [3.8, 4) is 22.8 Å². The van der Waals surface area contributed by atoms with Gasteiger partial charge in [-0.25, -0.2) is 8.42 Å². The van der Waals surface area contributed by atoms with Gasteiger partial charge in [0.2, 0.25) is 15.9 Å². The van der Waals surface area contributed by atoms with E-state index in [9.17, 15) is 13.2 Å². The number of amides is 1. The Morgan fingerprint density at radius 2 is 1.76 bits per heavy atom. The Hall–Kier alpha value is -3.74. The number of benzene rings is 2. The number of ether oxygens (including phenoxy) is 3. The van der Waals surface area contributed by atoms with Crippen LogP contribution in [0.2, 0.25) is 0 Å². The number of hydrogen-bond acceptors (Lipinski definition) is 9. The molecule has 1 aromatic heterocycles. The van der Waals surface area contributed by atoms with Crippen molar-refractivity contribution in [3.63, 3.8) is 0 Å². The van der Waals surface area contributed by atoms with E-state index in [0.29, 0.717) is 38.5 Å². The highest BCUT2D eigenvalue weighted by Gasteiger charge is 2.32. The van der Waals surface area contributed by atoms with E-state index in [1.807, 2.05) is 36.4 Å². The molecule has 0 radical (unpaired) electrons. The minimum Gasteiger partial charge on any atom is -0.497 e. The first-order valence-electron chi connectivity index (χ1n) is 14.1. The monoisotopic (exact) mass is 595 g/mol. The molecule has 0 aliphatic carbocycles. The number of nitrogens with zero attached hydrogens (tertiary/aromatic N) is 5. The van der Waals surface area contributed by atoms with Gasteiger partial charge >= 0.3 is 0 Å². The number of hydrogen-bond donors (Lipinski definition) is 0. The quantitative estimate of drug-likeness (QED) is 0.349. The molecule has 0 N–H and O–H groups in total. The molecule has 3 heterocycles. The summed E-state index contributed by atoms with van der Waals surface area (Å²) in [5.41, 5.74) is 1.66. The topological polar surface area (TPSA) is 114 Å². The lowest BCUT2D eigenvalue weighted by atomic mass is 10.1. The molecule has 224 valence electrons. The Bertz CT molecular complexity index is 1450. The van der Waals surface area contributed by atoms with Crippen molar-refractivity contribution < 1.29 is 27.4 Å². The summed E-state index contributed by atoms with van der Waals surface area (Å²) in [7, 11) is -0.774. The number of carbonyl (C=O) groups is 1. The van der Waals surface area contributed by atoms with Crippen LogP contribution in [0.3, 0.4) is 0 Å². The van der Waals surface area contributed by atoms with E-state index in [0.717, 1.165) is 42.1 Å². The number of rotatable bonds is 10. The van der Waals surface area contributed by atoms with Gasteiger partial charge in [-0.3, -0.25) is 4.79 Å². The Kier molecular flexibility index (Phi) is 9.55. The molecule has 0 saturated carbocycles. The first-order valence-corrected chi connectivity index (χ1v) is 15.6. The van der Waals surface area contributed by atoms with Crippen LogP contribution in [0.25, 0.3) is 11.3 Å². The second-order valence-corrected chi connectivity index (χ2v) is 12.3. The summed E-state index contributed by atoms with van der Waals surface area (Å²) in [6, 6.07) is 17.7. The summed E-state index contributed by atoms with van der Waals surface area (Å²) in [5, 5.41) is 8.87. The predicted molar refractivity (Wildman–Crippen MR) is 158 cm³/mol. The fourth-order valence-corrected chi connectivity index (χ4v) is 6.66. The van der Waals surface area contributed by atoms with E-state index < -0.39 is 10.0 Å². The Balaban J connectivity index is 1.25. The molecule has 0 spiro atoms. The minimum absolute atomic E-state index is 0.118. The van der Waals surface area contributed by atoms with E-state index in [-0.39, 0.29) is 30.0 Å². The highest BCUT2D eigenvalue weighted by molar-refractivity contribution is 7.89. The Morgan fingerprint density at radius 3 is 2.45 bits per heavy atom. The molecule has 5 rings (SSSR count). The van der Waals surface area contributed by atoms with Crippen molar-refractivity contribution in [2.75, 3.05) is 65.0 Å². The minimum atomic E-state index is -3.93. The van der Waals surface area contributed by atoms with Crippen LogP contribution in [0.1, 0.15) is 19.3 Å². The third-order valence-electron chi connectivity index (χ3n) is 7.63. The van der Waals surface area contributed by atoms with Crippen molar-refractivity contribution in [2.24, 2.45) is 0 Å². The van der Waals surface area contributed by atoms with Crippen LogP contribution in [-0.2, 0) is 19.6 Å². The van der Waals surface area contributed by atoms with Crippen molar-refractivity contribution in [1.82, 2.24) is 19.4 Å². The third kappa shape index (κ3) is 7.00. The molecule has 2 aliphatic rings. The molecule has 11 nitrogen and oxygen atoms in total. The highest BCUT2D eigenvalue weighted by atomic mass is 32.2. The van der Waals surface area contributed by atoms with Crippen molar-refractivity contribution in [1.29, 1.82) is 0 Å². The Labute approximate surface area is 247 Å². The second-order valence-electron chi connectivity index (χ2n) is 10.3. The first-order chi connectivity index (χ1) is 20.4. The van der Waals surface area contributed by atoms with Gasteiger partial charge in [0.15, 0.2) is 5.82 Å². The Morgan fingerprint density at radius 1 is 0.952 bits per heavy atom. The van der Waals surface area contributed by atoms with E-state index in [2.05, 4.69) is 15.1 Å². The number of carbonyl (C=O) groups excluding carboxylic acids is 1. The van der Waals surface area contributed by atoms with Crippen LogP contribution in [-0.4, -0.2) is 99.9 Å². The summed E-state index contributed by atoms with van der Waals surface area (Å²) in [6.07, 6.45) is 2.13. The maximum Gasteiger partial charge on any atom is 0.243 e. The summed E-state index contributed by atoms with van der Waals surface area (Å²) in [6.45, 7) is 2.74. The number of anilines is 1. The lowest BCUT2D eigenvalue weighted by molar-refractivity contribution is -0.131. The fourth-order valence-electron chi connectivity index (χ4n) is 5.24. The molecule has 0 unspecified atom stereocenters. The second kappa shape index (κ2) is 13.5. The van der Waals surface area contributed by atoms with Gasteiger partial charge in [-0.2, -0.15) is 4.31 Å². The van der Waals surface area contributed by atoms with Gasteiger partial charge in [0.25, 0.3) is 0 Å². The molecule has 2 aromatic carbocycles. The zero-order valence-corrected chi connectivity index (χ0v) is 24.8. The molecule has 2 aliphatic heterocycles. The predicted octanol–water partition coefficient (Wildman–Crippen LogP) is 3.07. The molecule has 42 heavy (non-hydrogen) atoms. The van der Waals surface area contributed by atoms with Crippen LogP contribution in [0.15, 0.2) is 65.6 Å². The number of aromatic nitrogens is 2. The van der Waals surface area contributed by atoms with Gasteiger partial charge in [0, 0.05) is 44.9 Å². The normalized spacial score (nSPS) is 17.7. The molecular formula is C30H37N5O6S. The summed E-state index contributed by atoms with van der Waals surface area (Å²) in [5.74, 6) is 1.82. The van der Waals surface area contributed by atoms with Crippen LogP contribution < -0.4 is 14.4 Å². The molecular weight excluding hydrogens is 558 g/mol. The van der Waals surface area contributed by atoms with E-state index >= 15 is 0 Å². The standard InChI is InChI=1S/C30H37N5O6S/c1-39-24-9-11-27(12-10-24)42(37,38)35(21-26-8-4-19-41-26)22-30(36)34-16-5-15-33(17-18-34)29-14-13-28(31-32-29)23-6-3-7-25(20-23)40-2/h3,6-7,9-14,20,26H,4-5,8,15-19,21-22H2,1-2H3/t26-/m1/s1. The van der Waals surface area contributed by atoms with Gasteiger partial charge in [-0.1, -0.05) is 12.1 Å². The smallest absolute Gasteiger partial charge is 0.243 e. The third-order valence-corrected chi connectivity index (χ3v) is 9.45. The molecule has 1 amide bonds. The van der Waals surface area contributed by atoms with Crippen LogP contribution in [0.4, 0.5) is 5.82 Å². The average Bonchev–Trinajstić information content (AvgIpc) is 3.42. The molecule has 2 saturated heterocycles. The zero-order valence-electron chi connectivity index (χ0n) is 24.0. The van der Waals surface area contributed by atoms with Gasteiger partial charge in [-0.05, 0) is 67.8 Å². The lowest BCUT2D eigenvalue weighted by Crippen LogP contribution is -2.46. The van der Waals surface area contributed by atoms with E-state index in [1.165, 1.54) is 23.5 Å². The van der Waals surface area contributed by atoms with Crippen LogP contribution >= 0.6 is 0 Å². The number of sulfonamides is 1. The van der Waals surface area contributed by atoms with Gasteiger partial charge in [0.1, 0.15) is 11.5 Å². The first kappa shape index (κ1) is 29.7. The maximum atomic E-state index is 13.6. The van der Waals surface area contributed by atoms with Crippen molar-refractivity contribution >= 4 is 21.7 Å². The summed E-state index contributed by atoms with van der Waals surface area (Å²) in [4.78, 5) is 17.5. The fraction of sp³-hybridized carbons (Fsp3) is 0.433. The van der Waals surface area contributed by atoms with Gasteiger partial charge in [-0.15, -0.1) is 10.2 Å². The van der Waals surface area contributed by atoms with E-state index in [1.54, 1.807) is 24.1 Å². The molecule has 1 atom stereocenters. The van der Waals surface area contributed by atoms with Gasteiger partial charge in [0.05, 0.1) is 37.5 Å². The molecule has 0 bridgehead atoms. The molecule has 12 heteroatoms. The maximum absolute atomic E-state index is 13.6. The summed E-state index contributed by atoms with van der Waals surface area (Å²) >= 11 is 0. The lowest BCUT2D eigenvalue weighted by Gasteiger charge is -2.28. The number of methoxy groups -OCH3 is 2. The highest BCUT2D eigenvalue weighted by Crippen LogP contribution is 2.25.